The second kappa shape index (κ2) is 9.76. The number of anilines is 2. The maximum atomic E-state index is 13.5. The largest absolute Gasteiger partial charge is 0.368 e. The Labute approximate surface area is 201 Å². The molecule has 0 N–H and O–H groups in total. The van der Waals surface area contributed by atoms with Crippen molar-refractivity contribution in [2.24, 2.45) is 0 Å². The summed E-state index contributed by atoms with van der Waals surface area (Å²) in [5.41, 5.74) is 2.46. The van der Waals surface area contributed by atoms with Crippen molar-refractivity contribution < 1.29 is 18.0 Å². The molecular formula is C25H32N4O4S. The number of piperazine rings is 1. The average molecular weight is 485 g/mol. The van der Waals surface area contributed by atoms with Gasteiger partial charge in [-0.05, 0) is 35.9 Å². The molecule has 2 amide bonds. The maximum absolute atomic E-state index is 13.5. The van der Waals surface area contributed by atoms with Crippen LogP contribution in [-0.4, -0.2) is 74.7 Å². The quantitative estimate of drug-likeness (QED) is 0.629. The van der Waals surface area contributed by atoms with Crippen molar-refractivity contribution in [3.63, 3.8) is 0 Å². The van der Waals surface area contributed by atoms with Crippen molar-refractivity contribution in [2.45, 2.75) is 38.1 Å². The molecule has 1 atom stereocenters. The first-order valence-corrected chi connectivity index (χ1v) is 13.2. The summed E-state index contributed by atoms with van der Waals surface area (Å²) in [5, 5.41) is 0. The number of carbonyl (C=O) groups excluding carboxylic acids is 2. The van der Waals surface area contributed by atoms with Gasteiger partial charge in [0, 0.05) is 64.0 Å². The van der Waals surface area contributed by atoms with Crippen LogP contribution in [0.2, 0.25) is 0 Å². The monoisotopic (exact) mass is 484 g/mol. The van der Waals surface area contributed by atoms with Crippen molar-refractivity contribution in [1.29, 1.82) is 0 Å². The molecule has 0 radical (unpaired) electrons. The summed E-state index contributed by atoms with van der Waals surface area (Å²) >= 11 is 0. The number of sulfonamides is 1. The first-order chi connectivity index (χ1) is 16.3. The van der Waals surface area contributed by atoms with E-state index in [4.69, 9.17) is 0 Å². The fourth-order valence-corrected chi connectivity index (χ4v) is 6.43. The zero-order chi connectivity index (χ0) is 24.5. The van der Waals surface area contributed by atoms with Crippen molar-refractivity contribution >= 4 is 33.2 Å². The maximum Gasteiger partial charge on any atom is 0.246 e. The molecule has 1 saturated heterocycles. The van der Waals surface area contributed by atoms with Gasteiger partial charge in [-0.1, -0.05) is 32.0 Å². The third kappa shape index (κ3) is 4.42. The minimum atomic E-state index is -3.62. The van der Waals surface area contributed by atoms with Gasteiger partial charge in [-0.3, -0.25) is 14.5 Å². The zero-order valence-corrected chi connectivity index (χ0v) is 20.8. The lowest BCUT2D eigenvalue weighted by Crippen LogP contribution is -2.55. The normalized spacial score (nSPS) is 18.4. The molecule has 2 aliphatic heterocycles. The van der Waals surface area contributed by atoms with Crippen molar-refractivity contribution in [2.75, 3.05) is 49.1 Å². The van der Waals surface area contributed by atoms with Crippen LogP contribution in [0.1, 0.15) is 26.3 Å². The Balaban J connectivity index is 1.53. The average Bonchev–Trinajstić information content (AvgIpc) is 3.24. The lowest BCUT2D eigenvalue weighted by atomic mass is 10.1. The van der Waals surface area contributed by atoms with Crippen LogP contribution in [0, 0.1) is 0 Å². The minimum absolute atomic E-state index is 0.0905. The molecule has 0 unspecified atom stereocenters. The fourth-order valence-electron chi connectivity index (χ4n) is 4.92. The molecule has 4 rings (SSSR count). The number of amides is 2. The van der Waals surface area contributed by atoms with Gasteiger partial charge in [0.2, 0.25) is 21.8 Å². The number of benzene rings is 2. The van der Waals surface area contributed by atoms with Crippen LogP contribution in [0.4, 0.5) is 11.4 Å². The van der Waals surface area contributed by atoms with Gasteiger partial charge in [0.15, 0.2) is 0 Å². The molecule has 9 heteroatoms. The fraction of sp³-hybridized carbons (Fsp3) is 0.440. The van der Waals surface area contributed by atoms with Gasteiger partial charge in [-0.15, -0.1) is 0 Å². The van der Waals surface area contributed by atoms with Crippen LogP contribution in [0.15, 0.2) is 53.4 Å². The van der Waals surface area contributed by atoms with E-state index >= 15 is 0 Å². The summed E-state index contributed by atoms with van der Waals surface area (Å²) in [6, 6.07) is 14.3. The lowest BCUT2D eigenvalue weighted by molar-refractivity contribution is -0.134. The van der Waals surface area contributed by atoms with E-state index in [0.717, 1.165) is 18.8 Å². The highest BCUT2D eigenvalue weighted by atomic mass is 32.2. The van der Waals surface area contributed by atoms with Gasteiger partial charge < -0.3 is 9.80 Å². The van der Waals surface area contributed by atoms with E-state index < -0.39 is 16.1 Å². The summed E-state index contributed by atoms with van der Waals surface area (Å²) in [6.45, 7) is 8.42. The van der Waals surface area contributed by atoms with E-state index in [1.54, 1.807) is 26.0 Å². The van der Waals surface area contributed by atoms with E-state index in [1.807, 2.05) is 23.1 Å². The summed E-state index contributed by atoms with van der Waals surface area (Å²) in [4.78, 5) is 31.8. The van der Waals surface area contributed by atoms with Gasteiger partial charge in [0.25, 0.3) is 0 Å². The highest BCUT2D eigenvalue weighted by Crippen LogP contribution is 2.35. The van der Waals surface area contributed by atoms with E-state index in [9.17, 15) is 18.0 Å². The van der Waals surface area contributed by atoms with E-state index in [-0.39, 0.29) is 16.7 Å². The van der Waals surface area contributed by atoms with Gasteiger partial charge in [0.05, 0.1) is 4.90 Å². The smallest absolute Gasteiger partial charge is 0.246 e. The van der Waals surface area contributed by atoms with E-state index in [2.05, 4.69) is 17.0 Å². The van der Waals surface area contributed by atoms with Crippen LogP contribution >= 0.6 is 0 Å². The molecule has 2 aromatic rings. The molecule has 182 valence electrons. The minimum Gasteiger partial charge on any atom is -0.368 e. The molecule has 2 heterocycles. The third-order valence-corrected chi connectivity index (χ3v) is 8.76. The number of hydrogen-bond donors (Lipinski definition) is 0. The van der Waals surface area contributed by atoms with Crippen molar-refractivity contribution in [3.8, 4) is 0 Å². The molecule has 34 heavy (non-hydrogen) atoms. The Morgan fingerprint density at radius 2 is 1.62 bits per heavy atom. The van der Waals surface area contributed by atoms with Gasteiger partial charge >= 0.3 is 0 Å². The number of carbonyl (C=O) groups is 2. The molecule has 0 spiro atoms. The van der Waals surface area contributed by atoms with Gasteiger partial charge in [-0.2, -0.15) is 4.31 Å². The predicted octanol–water partition coefficient (Wildman–Crippen LogP) is 2.34. The van der Waals surface area contributed by atoms with Crippen LogP contribution in [0.25, 0.3) is 0 Å². The summed E-state index contributed by atoms with van der Waals surface area (Å²) in [5.74, 6) is -0.313. The molecule has 0 bridgehead atoms. The third-order valence-electron chi connectivity index (χ3n) is 6.72. The molecular weight excluding hydrogens is 452 g/mol. The summed E-state index contributed by atoms with van der Waals surface area (Å²) in [7, 11) is -3.62. The molecule has 2 aliphatic rings. The topological polar surface area (TPSA) is 81.2 Å². The van der Waals surface area contributed by atoms with Crippen LogP contribution < -0.4 is 9.80 Å². The first-order valence-electron chi connectivity index (χ1n) is 11.8. The zero-order valence-electron chi connectivity index (χ0n) is 20.0. The van der Waals surface area contributed by atoms with E-state index in [1.165, 1.54) is 22.2 Å². The Kier molecular flexibility index (Phi) is 6.95. The first kappa shape index (κ1) is 24.2. The number of rotatable bonds is 6. The van der Waals surface area contributed by atoms with Gasteiger partial charge in [0.1, 0.15) is 6.04 Å². The second-order valence-corrected chi connectivity index (χ2v) is 10.6. The highest BCUT2D eigenvalue weighted by molar-refractivity contribution is 7.89. The van der Waals surface area contributed by atoms with Gasteiger partial charge in [-0.25, -0.2) is 8.42 Å². The highest BCUT2D eigenvalue weighted by Gasteiger charge is 2.40. The molecule has 0 aromatic heterocycles. The summed E-state index contributed by atoms with van der Waals surface area (Å²) < 4.78 is 27.4. The predicted molar refractivity (Wildman–Crippen MR) is 132 cm³/mol. The summed E-state index contributed by atoms with van der Waals surface area (Å²) in [6.07, 6.45) is 0.314. The molecule has 0 aliphatic carbocycles. The standard InChI is InChI=1S/C25H32N4O4S/c1-4-28(5-2)34(32,33)22-11-12-23-20(17-22)18-24(29(23)19(3)30)25(31)27-15-13-26(14-16-27)21-9-7-6-8-10-21/h6-12,17,24H,4-5,13-16,18H2,1-3H3/t24-/m1/s1. The van der Waals surface area contributed by atoms with Crippen LogP contribution in [0.3, 0.4) is 0 Å². The lowest BCUT2D eigenvalue weighted by Gasteiger charge is -2.38. The number of hydrogen-bond acceptors (Lipinski definition) is 5. The molecule has 1 fully saturated rings. The Morgan fingerprint density at radius 1 is 0.971 bits per heavy atom. The Hall–Kier alpha value is -2.91. The Morgan fingerprint density at radius 3 is 2.21 bits per heavy atom. The number of fused-ring (bicyclic) bond motifs is 1. The molecule has 8 nitrogen and oxygen atoms in total. The Bertz CT molecular complexity index is 1160. The number of para-hydroxylation sites is 1. The van der Waals surface area contributed by atoms with Crippen molar-refractivity contribution in [3.05, 3.63) is 54.1 Å². The van der Waals surface area contributed by atoms with E-state index in [0.29, 0.717) is 43.9 Å². The van der Waals surface area contributed by atoms with Crippen LogP contribution in [-0.2, 0) is 26.0 Å². The molecule has 0 saturated carbocycles. The molecule has 2 aromatic carbocycles. The second-order valence-electron chi connectivity index (χ2n) is 8.64. The van der Waals surface area contributed by atoms with Crippen LogP contribution in [0.5, 0.6) is 0 Å². The van der Waals surface area contributed by atoms with Crippen molar-refractivity contribution in [1.82, 2.24) is 9.21 Å². The SMILES string of the molecule is CCN(CC)S(=O)(=O)c1ccc2c(c1)C[C@H](C(=O)N1CCN(c3ccccc3)CC1)N2C(C)=O. The number of nitrogens with zero attached hydrogens (tertiary/aromatic N) is 4.